The van der Waals surface area contributed by atoms with E-state index in [1.807, 2.05) is 6.92 Å². The molecule has 0 aliphatic carbocycles. The van der Waals surface area contributed by atoms with Crippen LogP contribution >= 0.6 is 15.9 Å². The summed E-state index contributed by atoms with van der Waals surface area (Å²) in [6.07, 6.45) is 1.97. The predicted octanol–water partition coefficient (Wildman–Crippen LogP) is 1.30. The van der Waals surface area contributed by atoms with Crippen molar-refractivity contribution >= 4 is 33.3 Å². The van der Waals surface area contributed by atoms with E-state index in [0.29, 0.717) is 37.6 Å². The fraction of sp³-hybridized carbons (Fsp3) is 0.500. The van der Waals surface area contributed by atoms with Gasteiger partial charge in [-0.15, -0.1) is 0 Å². The van der Waals surface area contributed by atoms with Crippen LogP contribution in [0.1, 0.15) is 12.0 Å². The maximum atomic E-state index is 11.5. The molecule has 0 aromatic carbocycles. The summed E-state index contributed by atoms with van der Waals surface area (Å²) in [6.45, 7) is 3.46. The number of anilines is 2. The normalized spacial score (nSPS) is 10.3. The number of amides is 1. The molecule has 0 unspecified atom stereocenters. The highest BCUT2D eigenvalue weighted by Crippen LogP contribution is 2.27. The molecule has 19 heavy (non-hydrogen) atoms. The largest absolute Gasteiger partial charge is 0.397 e. The molecular weight excluding hydrogens is 312 g/mol. The van der Waals surface area contributed by atoms with E-state index in [2.05, 4.69) is 31.5 Å². The fourth-order valence-corrected chi connectivity index (χ4v) is 1.86. The van der Waals surface area contributed by atoms with E-state index in [9.17, 15) is 4.79 Å². The zero-order valence-corrected chi connectivity index (χ0v) is 12.7. The number of rotatable bonds is 7. The van der Waals surface area contributed by atoms with Crippen LogP contribution < -0.4 is 16.4 Å². The van der Waals surface area contributed by atoms with Crippen LogP contribution in [0.2, 0.25) is 0 Å². The Hall–Kier alpha value is -1.34. The van der Waals surface area contributed by atoms with Gasteiger partial charge in [0, 0.05) is 26.6 Å². The summed E-state index contributed by atoms with van der Waals surface area (Å²) in [6, 6.07) is 0. The highest BCUT2D eigenvalue weighted by atomic mass is 79.9. The van der Waals surface area contributed by atoms with Crippen molar-refractivity contribution in [3.8, 4) is 0 Å². The van der Waals surface area contributed by atoms with E-state index in [4.69, 9.17) is 10.5 Å². The first-order valence-electron chi connectivity index (χ1n) is 5.96. The van der Waals surface area contributed by atoms with Crippen molar-refractivity contribution in [2.45, 2.75) is 13.3 Å². The number of methoxy groups -OCH3 is 1. The molecule has 0 bridgehead atoms. The Bertz CT molecular complexity index is 440. The average Bonchev–Trinajstić information content (AvgIpc) is 2.39. The number of aromatic nitrogens is 1. The minimum absolute atomic E-state index is 0.0205. The van der Waals surface area contributed by atoms with Crippen molar-refractivity contribution in [3.63, 3.8) is 0 Å². The third-order valence-electron chi connectivity index (χ3n) is 2.58. The molecule has 0 aliphatic heterocycles. The van der Waals surface area contributed by atoms with Gasteiger partial charge < -0.3 is 21.1 Å². The van der Waals surface area contributed by atoms with Gasteiger partial charge in [-0.3, -0.25) is 4.79 Å². The molecule has 1 aromatic rings. The molecule has 0 saturated carbocycles. The molecule has 4 N–H and O–H groups in total. The van der Waals surface area contributed by atoms with Gasteiger partial charge in [0.05, 0.1) is 23.0 Å². The molecule has 1 heterocycles. The number of hydrogen-bond donors (Lipinski definition) is 3. The summed E-state index contributed by atoms with van der Waals surface area (Å²) in [4.78, 5) is 15.6. The molecule has 1 aromatic heterocycles. The van der Waals surface area contributed by atoms with Crippen LogP contribution in [0.25, 0.3) is 0 Å². The Balaban J connectivity index is 2.37. The first-order chi connectivity index (χ1) is 9.06. The number of carbonyl (C=O) groups is 1. The summed E-state index contributed by atoms with van der Waals surface area (Å²) >= 11 is 3.43. The van der Waals surface area contributed by atoms with E-state index >= 15 is 0 Å². The monoisotopic (exact) mass is 330 g/mol. The molecule has 1 amide bonds. The van der Waals surface area contributed by atoms with Crippen LogP contribution in [-0.4, -0.2) is 37.7 Å². The molecule has 0 spiro atoms. The Morgan fingerprint density at radius 3 is 2.95 bits per heavy atom. The number of nitrogen functional groups attached to an aromatic ring is 1. The lowest BCUT2D eigenvalue weighted by atomic mass is 10.2. The minimum Gasteiger partial charge on any atom is -0.397 e. The molecule has 0 fully saturated rings. The Morgan fingerprint density at radius 1 is 1.53 bits per heavy atom. The number of hydrogen-bond acceptors (Lipinski definition) is 5. The predicted molar refractivity (Wildman–Crippen MR) is 79.1 cm³/mol. The van der Waals surface area contributed by atoms with Crippen LogP contribution in [0, 0.1) is 6.92 Å². The second-order valence-corrected chi connectivity index (χ2v) is 4.81. The maximum Gasteiger partial charge on any atom is 0.221 e. The van der Waals surface area contributed by atoms with Crippen LogP contribution in [0.5, 0.6) is 0 Å². The number of halogens is 1. The van der Waals surface area contributed by atoms with Crippen molar-refractivity contribution in [1.82, 2.24) is 10.3 Å². The molecule has 106 valence electrons. The average molecular weight is 331 g/mol. The fourth-order valence-electron chi connectivity index (χ4n) is 1.39. The van der Waals surface area contributed by atoms with Gasteiger partial charge in [-0.1, -0.05) is 0 Å². The van der Waals surface area contributed by atoms with Crippen molar-refractivity contribution < 1.29 is 9.53 Å². The lowest BCUT2D eigenvalue weighted by Gasteiger charge is -2.10. The van der Waals surface area contributed by atoms with Crippen LogP contribution in [0.4, 0.5) is 11.5 Å². The molecule has 1 rings (SSSR count). The Labute approximate surface area is 121 Å². The molecular formula is C12H19BrN4O2. The van der Waals surface area contributed by atoms with Gasteiger partial charge in [-0.05, 0) is 28.4 Å². The topological polar surface area (TPSA) is 89.3 Å². The number of carbonyl (C=O) groups excluding carboxylic acids is 1. The molecule has 6 nitrogen and oxygen atoms in total. The van der Waals surface area contributed by atoms with Crippen molar-refractivity contribution in [2.75, 3.05) is 37.9 Å². The van der Waals surface area contributed by atoms with Gasteiger partial charge >= 0.3 is 0 Å². The van der Waals surface area contributed by atoms with Gasteiger partial charge in [0.15, 0.2) is 0 Å². The van der Waals surface area contributed by atoms with Gasteiger partial charge in [0.1, 0.15) is 5.82 Å². The maximum absolute atomic E-state index is 11.5. The number of nitrogens with two attached hydrogens (primary N) is 1. The number of pyridine rings is 1. The lowest BCUT2D eigenvalue weighted by Crippen LogP contribution is -2.28. The third-order valence-corrected chi connectivity index (χ3v) is 3.55. The summed E-state index contributed by atoms with van der Waals surface area (Å²) in [5.74, 6) is 0.671. The molecule has 0 saturated heterocycles. The van der Waals surface area contributed by atoms with Gasteiger partial charge in [0.2, 0.25) is 5.91 Å². The zero-order chi connectivity index (χ0) is 14.3. The van der Waals surface area contributed by atoms with E-state index < -0.39 is 0 Å². The van der Waals surface area contributed by atoms with Gasteiger partial charge in [0.25, 0.3) is 0 Å². The van der Waals surface area contributed by atoms with Crippen LogP contribution in [0.15, 0.2) is 10.7 Å². The second-order valence-electron chi connectivity index (χ2n) is 4.02. The highest BCUT2D eigenvalue weighted by molar-refractivity contribution is 9.10. The standard InChI is InChI=1S/C12H19BrN4O2/c1-8-9(14)7-17-12(11(8)13)16-4-3-10(18)15-5-6-19-2/h7H,3-6,14H2,1-2H3,(H,15,18)(H,16,17). The summed E-state index contributed by atoms with van der Waals surface area (Å²) < 4.78 is 5.67. The summed E-state index contributed by atoms with van der Waals surface area (Å²) in [7, 11) is 1.60. The van der Waals surface area contributed by atoms with Crippen molar-refractivity contribution in [1.29, 1.82) is 0 Å². The number of ether oxygens (including phenoxy) is 1. The Morgan fingerprint density at radius 2 is 2.26 bits per heavy atom. The Kier molecular flexibility index (Phi) is 6.58. The van der Waals surface area contributed by atoms with E-state index in [-0.39, 0.29) is 5.91 Å². The molecule has 0 aliphatic rings. The van der Waals surface area contributed by atoms with E-state index in [0.717, 1.165) is 10.0 Å². The van der Waals surface area contributed by atoms with Crippen LogP contribution in [0.3, 0.4) is 0 Å². The number of nitrogens with zero attached hydrogens (tertiary/aromatic N) is 1. The first kappa shape index (κ1) is 15.7. The van der Waals surface area contributed by atoms with E-state index in [1.54, 1.807) is 13.3 Å². The first-order valence-corrected chi connectivity index (χ1v) is 6.75. The second kappa shape index (κ2) is 7.96. The smallest absolute Gasteiger partial charge is 0.221 e. The minimum atomic E-state index is -0.0205. The highest BCUT2D eigenvalue weighted by Gasteiger charge is 2.07. The summed E-state index contributed by atoms with van der Waals surface area (Å²) in [5.41, 5.74) is 7.30. The van der Waals surface area contributed by atoms with Crippen molar-refractivity contribution in [2.24, 2.45) is 0 Å². The SMILES string of the molecule is COCCNC(=O)CCNc1ncc(N)c(C)c1Br. The quantitative estimate of drug-likeness (QED) is 0.656. The van der Waals surface area contributed by atoms with E-state index in [1.165, 1.54) is 0 Å². The summed E-state index contributed by atoms with van der Waals surface area (Å²) in [5, 5.41) is 5.85. The van der Waals surface area contributed by atoms with Crippen molar-refractivity contribution in [3.05, 3.63) is 16.2 Å². The molecule has 0 radical (unpaired) electrons. The zero-order valence-electron chi connectivity index (χ0n) is 11.1. The number of nitrogens with one attached hydrogen (secondary N) is 2. The van der Waals surface area contributed by atoms with Crippen LogP contribution in [-0.2, 0) is 9.53 Å². The van der Waals surface area contributed by atoms with Gasteiger partial charge in [-0.2, -0.15) is 0 Å². The van der Waals surface area contributed by atoms with Gasteiger partial charge in [-0.25, -0.2) is 4.98 Å². The third kappa shape index (κ3) is 5.04. The molecule has 0 atom stereocenters. The molecule has 7 heteroatoms. The lowest BCUT2D eigenvalue weighted by molar-refractivity contribution is -0.121.